The molecular weight excluding hydrogens is 470 g/mol. The first-order chi connectivity index (χ1) is 16.3. The molecule has 1 aliphatic heterocycles. The number of nitrogens with one attached hydrogen (secondary N) is 1. The summed E-state index contributed by atoms with van der Waals surface area (Å²) in [5, 5.41) is 13.2. The average molecular weight is 496 g/mol. The molecule has 1 amide bonds. The summed E-state index contributed by atoms with van der Waals surface area (Å²) in [6.45, 7) is 5.22. The van der Waals surface area contributed by atoms with Crippen molar-refractivity contribution in [2.75, 3.05) is 24.2 Å². The van der Waals surface area contributed by atoms with Gasteiger partial charge in [-0.3, -0.25) is 9.20 Å². The molecule has 0 spiro atoms. The van der Waals surface area contributed by atoms with Gasteiger partial charge in [-0.05, 0) is 68.1 Å². The zero-order valence-corrected chi connectivity index (χ0v) is 20.6. The number of rotatable bonds is 6. The van der Waals surface area contributed by atoms with Crippen LogP contribution in [-0.2, 0) is 14.8 Å². The fourth-order valence-electron chi connectivity index (χ4n) is 4.34. The molecule has 1 saturated heterocycles. The van der Waals surface area contributed by atoms with Gasteiger partial charge >= 0.3 is 0 Å². The average Bonchev–Trinajstić information content (AvgIpc) is 3.49. The number of thioether (sulfide) groups is 1. The molecule has 0 atom stereocenters. The number of benzene rings is 2. The SMILES string of the molecule is Cc1cc2nnc(SCC(=O)Nc3ccc(S(=O)(=O)N4CCCC4)cc3)n2c2c(C)cccc12. The Morgan fingerprint density at radius 3 is 2.50 bits per heavy atom. The van der Waals surface area contributed by atoms with Gasteiger partial charge in [-0.15, -0.1) is 10.2 Å². The van der Waals surface area contributed by atoms with E-state index in [4.69, 9.17) is 0 Å². The fourth-order valence-corrected chi connectivity index (χ4v) is 6.60. The highest BCUT2D eigenvalue weighted by atomic mass is 32.2. The molecule has 5 rings (SSSR count). The number of aromatic nitrogens is 3. The molecule has 34 heavy (non-hydrogen) atoms. The summed E-state index contributed by atoms with van der Waals surface area (Å²) in [5.41, 5.74) is 4.58. The second-order valence-corrected chi connectivity index (χ2v) is 11.3. The fraction of sp³-hybridized carbons (Fsp3) is 0.292. The number of hydrogen-bond donors (Lipinski definition) is 1. The van der Waals surface area contributed by atoms with Gasteiger partial charge in [0.15, 0.2) is 10.8 Å². The lowest BCUT2D eigenvalue weighted by Crippen LogP contribution is -2.27. The number of para-hydroxylation sites is 1. The highest BCUT2D eigenvalue weighted by Gasteiger charge is 2.27. The number of amides is 1. The van der Waals surface area contributed by atoms with Crippen LogP contribution in [0.25, 0.3) is 16.6 Å². The van der Waals surface area contributed by atoms with Gasteiger partial charge in [-0.25, -0.2) is 8.42 Å². The molecule has 8 nitrogen and oxygen atoms in total. The standard InChI is InChI=1S/C24H25N5O3S2/c1-16-6-5-7-20-17(2)14-21-26-27-24(29(21)23(16)20)33-15-22(30)25-18-8-10-19(11-9-18)34(31,32)28-12-3-4-13-28/h5-11,14H,3-4,12-13,15H2,1-2H3,(H,25,30). The Balaban J connectivity index is 1.30. The van der Waals surface area contributed by atoms with Crippen molar-refractivity contribution < 1.29 is 13.2 Å². The van der Waals surface area contributed by atoms with Crippen LogP contribution >= 0.6 is 11.8 Å². The van der Waals surface area contributed by atoms with Gasteiger partial charge in [0.25, 0.3) is 0 Å². The number of nitrogens with zero attached hydrogens (tertiary/aromatic N) is 4. The summed E-state index contributed by atoms with van der Waals surface area (Å²) in [7, 11) is -3.47. The van der Waals surface area contributed by atoms with E-state index in [0.29, 0.717) is 23.9 Å². The van der Waals surface area contributed by atoms with Gasteiger partial charge in [-0.2, -0.15) is 4.31 Å². The number of anilines is 1. The first-order valence-electron chi connectivity index (χ1n) is 11.1. The van der Waals surface area contributed by atoms with Gasteiger partial charge in [0.2, 0.25) is 15.9 Å². The van der Waals surface area contributed by atoms with Crippen LogP contribution in [-0.4, -0.2) is 52.1 Å². The molecule has 2 aromatic carbocycles. The largest absolute Gasteiger partial charge is 0.325 e. The van der Waals surface area contributed by atoms with E-state index >= 15 is 0 Å². The Morgan fingerprint density at radius 2 is 1.76 bits per heavy atom. The maximum absolute atomic E-state index is 12.7. The summed E-state index contributed by atoms with van der Waals surface area (Å²) in [6, 6.07) is 14.5. The van der Waals surface area contributed by atoms with E-state index in [0.717, 1.165) is 40.5 Å². The lowest BCUT2D eigenvalue weighted by Gasteiger charge is -2.15. The highest BCUT2D eigenvalue weighted by molar-refractivity contribution is 7.99. The number of fused-ring (bicyclic) bond motifs is 3. The topological polar surface area (TPSA) is 96.7 Å². The van der Waals surface area contributed by atoms with Gasteiger partial charge in [-0.1, -0.05) is 30.0 Å². The van der Waals surface area contributed by atoms with Crippen molar-refractivity contribution in [1.82, 2.24) is 18.9 Å². The Kier molecular flexibility index (Phi) is 6.05. The van der Waals surface area contributed by atoms with E-state index in [9.17, 15) is 13.2 Å². The smallest absolute Gasteiger partial charge is 0.243 e. The number of pyridine rings is 1. The van der Waals surface area contributed by atoms with Gasteiger partial charge < -0.3 is 5.32 Å². The number of carbonyl (C=O) groups is 1. The molecule has 1 aliphatic rings. The first-order valence-corrected chi connectivity index (χ1v) is 13.5. The van der Waals surface area contributed by atoms with Gasteiger partial charge in [0.05, 0.1) is 16.2 Å². The van der Waals surface area contributed by atoms with Crippen molar-refractivity contribution in [3.8, 4) is 0 Å². The van der Waals surface area contributed by atoms with Crippen LogP contribution in [0.1, 0.15) is 24.0 Å². The Morgan fingerprint density at radius 1 is 1.03 bits per heavy atom. The first kappa shape index (κ1) is 22.8. The minimum Gasteiger partial charge on any atom is -0.325 e. The predicted octanol–water partition coefficient (Wildman–Crippen LogP) is 4.01. The monoisotopic (exact) mass is 495 g/mol. The molecule has 1 N–H and O–H groups in total. The number of carbonyl (C=O) groups excluding carboxylic acids is 1. The van der Waals surface area contributed by atoms with Crippen LogP contribution in [0.4, 0.5) is 5.69 Å². The summed E-state index contributed by atoms with van der Waals surface area (Å²) < 4.78 is 28.8. The number of aryl methyl sites for hydroxylation is 2. The van der Waals surface area contributed by atoms with Crippen molar-refractivity contribution in [2.24, 2.45) is 0 Å². The molecule has 0 radical (unpaired) electrons. The van der Waals surface area contributed by atoms with Gasteiger partial charge in [0.1, 0.15) is 0 Å². The number of hydrogen-bond acceptors (Lipinski definition) is 6. The van der Waals surface area contributed by atoms with Crippen LogP contribution in [0.15, 0.2) is 58.6 Å². The van der Waals surface area contributed by atoms with Crippen molar-refractivity contribution >= 4 is 49.9 Å². The molecule has 1 fully saturated rings. The third kappa shape index (κ3) is 4.17. The van der Waals surface area contributed by atoms with E-state index in [1.807, 2.05) is 16.5 Å². The predicted molar refractivity (Wildman–Crippen MR) is 134 cm³/mol. The Hall–Kier alpha value is -2.95. The van der Waals surface area contributed by atoms with E-state index < -0.39 is 10.0 Å². The lowest BCUT2D eigenvalue weighted by molar-refractivity contribution is -0.113. The molecule has 0 unspecified atom stereocenters. The maximum atomic E-state index is 12.7. The molecule has 2 aromatic heterocycles. The van der Waals surface area contributed by atoms with Crippen LogP contribution in [0.3, 0.4) is 0 Å². The molecule has 0 bridgehead atoms. The molecule has 0 aliphatic carbocycles. The van der Waals surface area contributed by atoms with Crippen LogP contribution in [0, 0.1) is 13.8 Å². The van der Waals surface area contributed by atoms with Crippen LogP contribution in [0.5, 0.6) is 0 Å². The third-order valence-corrected chi connectivity index (χ3v) is 8.91. The Labute approximate surface area is 202 Å². The van der Waals surface area contributed by atoms with Crippen molar-refractivity contribution in [3.05, 3.63) is 59.7 Å². The van der Waals surface area contributed by atoms with Crippen molar-refractivity contribution in [1.29, 1.82) is 0 Å². The summed E-state index contributed by atoms with van der Waals surface area (Å²) in [6.07, 6.45) is 1.78. The molecule has 176 valence electrons. The summed E-state index contributed by atoms with van der Waals surface area (Å²) >= 11 is 1.31. The highest BCUT2D eigenvalue weighted by Crippen LogP contribution is 2.28. The molecule has 3 heterocycles. The van der Waals surface area contributed by atoms with E-state index in [1.165, 1.54) is 16.1 Å². The molecular formula is C24H25N5O3S2. The van der Waals surface area contributed by atoms with E-state index in [2.05, 4.69) is 41.5 Å². The molecule has 0 saturated carbocycles. The minimum atomic E-state index is -3.47. The van der Waals surface area contributed by atoms with E-state index in [1.54, 1.807) is 24.3 Å². The maximum Gasteiger partial charge on any atom is 0.243 e. The summed E-state index contributed by atoms with van der Waals surface area (Å²) in [5.74, 6) is -0.0550. The second kappa shape index (κ2) is 9.01. The lowest BCUT2D eigenvalue weighted by atomic mass is 10.1. The van der Waals surface area contributed by atoms with Crippen LogP contribution in [0.2, 0.25) is 0 Å². The normalized spacial score (nSPS) is 14.8. The second-order valence-electron chi connectivity index (χ2n) is 8.45. The van der Waals surface area contributed by atoms with E-state index in [-0.39, 0.29) is 16.6 Å². The zero-order chi connectivity index (χ0) is 23.9. The third-order valence-electron chi connectivity index (χ3n) is 6.06. The van der Waals surface area contributed by atoms with Crippen molar-refractivity contribution in [2.45, 2.75) is 36.7 Å². The quantitative estimate of drug-likeness (QED) is 0.406. The van der Waals surface area contributed by atoms with Crippen molar-refractivity contribution in [3.63, 3.8) is 0 Å². The molecule has 10 heteroatoms. The number of sulfonamides is 1. The minimum absolute atomic E-state index is 0.149. The molecule has 4 aromatic rings. The van der Waals surface area contributed by atoms with Gasteiger partial charge in [0, 0.05) is 24.2 Å². The Bertz CT molecular complexity index is 1490. The zero-order valence-electron chi connectivity index (χ0n) is 19.0. The van der Waals surface area contributed by atoms with Crippen LogP contribution < -0.4 is 5.32 Å². The summed E-state index contributed by atoms with van der Waals surface area (Å²) in [4.78, 5) is 12.8.